The third-order valence-electron chi connectivity index (χ3n) is 4.46. The lowest BCUT2D eigenvalue weighted by Gasteiger charge is -2.20. The molecule has 2 aromatic heterocycles. The van der Waals surface area contributed by atoms with Crippen molar-refractivity contribution in [3.05, 3.63) is 46.5 Å². The summed E-state index contributed by atoms with van der Waals surface area (Å²) < 4.78 is 5.58. The highest BCUT2D eigenvalue weighted by molar-refractivity contribution is 6.32. The topological polar surface area (TPSA) is 65.7 Å². The van der Waals surface area contributed by atoms with Crippen LogP contribution in [0.4, 0.5) is 5.82 Å². The number of aliphatic imine (C=N–C) groups is 1. The van der Waals surface area contributed by atoms with Gasteiger partial charge in [0.05, 0.1) is 11.6 Å². The molecule has 1 fully saturated rings. The molecule has 0 amide bonds. The van der Waals surface area contributed by atoms with Gasteiger partial charge < -0.3 is 20.0 Å². The first kappa shape index (κ1) is 18.6. The number of aryl methyl sites for hydroxylation is 2. The number of anilines is 1. The van der Waals surface area contributed by atoms with E-state index in [1.54, 1.807) is 6.20 Å². The number of halogens is 1. The highest BCUT2D eigenvalue weighted by Crippen LogP contribution is 2.25. The van der Waals surface area contributed by atoms with E-state index in [0.29, 0.717) is 17.6 Å². The Kier molecular flexibility index (Phi) is 6.04. The van der Waals surface area contributed by atoms with Gasteiger partial charge in [0, 0.05) is 37.4 Å². The Morgan fingerprint density at radius 2 is 2.31 bits per heavy atom. The molecule has 1 unspecified atom stereocenters. The van der Waals surface area contributed by atoms with E-state index in [9.17, 15) is 0 Å². The van der Waals surface area contributed by atoms with Crippen molar-refractivity contribution in [2.24, 2.45) is 4.99 Å². The van der Waals surface area contributed by atoms with Crippen LogP contribution in [-0.4, -0.2) is 36.6 Å². The van der Waals surface area contributed by atoms with E-state index in [1.165, 1.54) is 0 Å². The van der Waals surface area contributed by atoms with E-state index in [4.69, 9.17) is 21.0 Å². The molecule has 26 heavy (non-hydrogen) atoms. The zero-order valence-electron chi connectivity index (χ0n) is 15.6. The van der Waals surface area contributed by atoms with Crippen molar-refractivity contribution in [1.82, 2.24) is 15.6 Å². The number of furan rings is 1. The fourth-order valence-electron chi connectivity index (χ4n) is 3.20. The summed E-state index contributed by atoms with van der Waals surface area (Å²) >= 11 is 6.27. The summed E-state index contributed by atoms with van der Waals surface area (Å²) in [6.45, 7) is 9.19. The molecular weight excluding hydrogens is 350 g/mol. The lowest BCUT2D eigenvalue weighted by molar-refractivity contribution is 0.501. The maximum absolute atomic E-state index is 6.27. The smallest absolute Gasteiger partial charge is 0.191 e. The van der Waals surface area contributed by atoms with Crippen LogP contribution in [0.3, 0.4) is 0 Å². The molecule has 0 aliphatic carbocycles. The SMILES string of the molecule is CCNC(=NCc1cc(C)oc1C)NC1CCN(c2ncccc2Cl)C1. The Morgan fingerprint density at radius 1 is 1.46 bits per heavy atom. The molecule has 140 valence electrons. The number of guanidine groups is 1. The molecule has 0 bridgehead atoms. The Morgan fingerprint density at radius 3 is 3.00 bits per heavy atom. The summed E-state index contributed by atoms with van der Waals surface area (Å²) in [6.07, 6.45) is 2.80. The van der Waals surface area contributed by atoms with Gasteiger partial charge in [-0.3, -0.25) is 0 Å². The van der Waals surface area contributed by atoms with Gasteiger partial charge in [-0.1, -0.05) is 11.6 Å². The van der Waals surface area contributed by atoms with E-state index in [2.05, 4.69) is 27.4 Å². The van der Waals surface area contributed by atoms with Crippen LogP contribution >= 0.6 is 11.6 Å². The van der Waals surface area contributed by atoms with E-state index in [1.807, 2.05) is 32.0 Å². The monoisotopic (exact) mass is 375 g/mol. The van der Waals surface area contributed by atoms with Crippen LogP contribution < -0.4 is 15.5 Å². The van der Waals surface area contributed by atoms with Crippen LogP contribution in [0.1, 0.15) is 30.4 Å². The predicted molar refractivity (Wildman–Crippen MR) is 106 cm³/mol. The van der Waals surface area contributed by atoms with Gasteiger partial charge in [-0.25, -0.2) is 9.98 Å². The summed E-state index contributed by atoms with van der Waals surface area (Å²) in [7, 11) is 0. The molecule has 1 saturated heterocycles. The lowest BCUT2D eigenvalue weighted by atomic mass is 10.2. The molecule has 3 heterocycles. The van der Waals surface area contributed by atoms with Gasteiger partial charge in [0.1, 0.15) is 17.3 Å². The number of rotatable bonds is 5. The third-order valence-corrected chi connectivity index (χ3v) is 4.76. The minimum absolute atomic E-state index is 0.304. The minimum atomic E-state index is 0.304. The average molecular weight is 376 g/mol. The summed E-state index contributed by atoms with van der Waals surface area (Å²) in [4.78, 5) is 11.3. The number of aromatic nitrogens is 1. The molecule has 0 radical (unpaired) electrons. The zero-order chi connectivity index (χ0) is 18.5. The van der Waals surface area contributed by atoms with Gasteiger partial charge in [-0.05, 0) is 45.4 Å². The molecule has 1 aliphatic rings. The van der Waals surface area contributed by atoms with Crippen molar-refractivity contribution in [3.63, 3.8) is 0 Å². The number of nitrogens with one attached hydrogen (secondary N) is 2. The largest absolute Gasteiger partial charge is 0.466 e. The second kappa shape index (κ2) is 8.45. The maximum atomic E-state index is 6.27. The van der Waals surface area contributed by atoms with Crippen molar-refractivity contribution in [3.8, 4) is 0 Å². The molecule has 1 aliphatic heterocycles. The van der Waals surface area contributed by atoms with E-state index >= 15 is 0 Å². The second-order valence-electron chi connectivity index (χ2n) is 6.52. The summed E-state index contributed by atoms with van der Waals surface area (Å²) in [5, 5.41) is 7.54. The molecular formula is C19H26ClN5O. The number of hydrogen-bond donors (Lipinski definition) is 2. The highest BCUT2D eigenvalue weighted by Gasteiger charge is 2.25. The van der Waals surface area contributed by atoms with Crippen molar-refractivity contribution < 1.29 is 4.42 Å². The van der Waals surface area contributed by atoms with Gasteiger partial charge in [-0.2, -0.15) is 0 Å². The molecule has 2 aromatic rings. The van der Waals surface area contributed by atoms with Gasteiger partial charge in [-0.15, -0.1) is 0 Å². The van der Waals surface area contributed by atoms with Crippen LogP contribution in [0, 0.1) is 13.8 Å². The molecule has 1 atom stereocenters. The van der Waals surface area contributed by atoms with Crippen molar-refractivity contribution >= 4 is 23.4 Å². The molecule has 3 rings (SSSR count). The Hall–Kier alpha value is -2.21. The lowest BCUT2D eigenvalue weighted by Crippen LogP contribution is -2.44. The van der Waals surface area contributed by atoms with Crippen molar-refractivity contribution in [1.29, 1.82) is 0 Å². The molecule has 0 spiro atoms. The van der Waals surface area contributed by atoms with Gasteiger partial charge in [0.2, 0.25) is 0 Å². The minimum Gasteiger partial charge on any atom is -0.466 e. The molecule has 0 saturated carbocycles. The molecule has 0 aromatic carbocycles. The second-order valence-corrected chi connectivity index (χ2v) is 6.93. The number of hydrogen-bond acceptors (Lipinski definition) is 4. The fraction of sp³-hybridized carbons (Fsp3) is 0.474. The van der Waals surface area contributed by atoms with Crippen LogP contribution in [-0.2, 0) is 6.54 Å². The molecule has 7 heteroatoms. The van der Waals surface area contributed by atoms with Crippen LogP contribution in [0.5, 0.6) is 0 Å². The van der Waals surface area contributed by atoms with Gasteiger partial charge in [0.15, 0.2) is 5.96 Å². The molecule has 6 nitrogen and oxygen atoms in total. The zero-order valence-corrected chi connectivity index (χ0v) is 16.3. The number of nitrogens with zero attached hydrogens (tertiary/aromatic N) is 3. The quantitative estimate of drug-likeness (QED) is 0.620. The number of pyridine rings is 1. The first-order valence-corrected chi connectivity index (χ1v) is 9.40. The van der Waals surface area contributed by atoms with E-state index in [-0.39, 0.29) is 0 Å². The molecule has 2 N–H and O–H groups in total. The van der Waals surface area contributed by atoms with Crippen molar-refractivity contribution in [2.45, 2.75) is 39.8 Å². The predicted octanol–water partition coefficient (Wildman–Crippen LogP) is 3.28. The Bertz CT molecular complexity index is 773. The van der Waals surface area contributed by atoms with Crippen LogP contribution in [0.2, 0.25) is 5.02 Å². The first-order chi connectivity index (χ1) is 12.6. The average Bonchev–Trinajstić information content (AvgIpc) is 3.19. The van der Waals surface area contributed by atoms with Crippen LogP contribution in [0.15, 0.2) is 33.8 Å². The third kappa shape index (κ3) is 4.49. The fourth-order valence-corrected chi connectivity index (χ4v) is 3.44. The van der Waals surface area contributed by atoms with Crippen molar-refractivity contribution in [2.75, 3.05) is 24.5 Å². The van der Waals surface area contributed by atoms with Gasteiger partial charge >= 0.3 is 0 Å². The van der Waals surface area contributed by atoms with Gasteiger partial charge in [0.25, 0.3) is 0 Å². The van der Waals surface area contributed by atoms with Crippen LogP contribution in [0.25, 0.3) is 0 Å². The normalized spacial score (nSPS) is 17.6. The maximum Gasteiger partial charge on any atom is 0.191 e. The van der Waals surface area contributed by atoms with E-state index in [0.717, 1.165) is 54.9 Å². The summed E-state index contributed by atoms with van der Waals surface area (Å²) in [6, 6.07) is 6.08. The Balaban J connectivity index is 1.62. The summed E-state index contributed by atoms with van der Waals surface area (Å²) in [5.41, 5.74) is 1.12. The van der Waals surface area contributed by atoms with E-state index < -0.39 is 0 Å². The Labute approximate surface area is 159 Å². The first-order valence-electron chi connectivity index (χ1n) is 9.03. The highest BCUT2D eigenvalue weighted by atomic mass is 35.5. The standard InChI is InChI=1S/C19H26ClN5O/c1-4-21-19(23-11-15-10-13(2)26-14(15)3)24-16-7-9-25(12-16)18-17(20)6-5-8-22-18/h5-6,8,10,16H,4,7,9,11-12H2,1-3H3,(H2,21,23,24). The summed E-state index contributed by atoms with van der Waals surface area (Å²) in [5.74, 6) is 3.53.